The molecule has 0 aromatic carbocycles. The molecule has 0 radical (unpaired) electrons. The zero-order chi connectivity index (χ0) is 14.3. The van der Waals surface area contributed by atoms with Gasteiger partial charge < -0.3 is 57.5 Å². The van der Waals surface area contributed by atoms with E-state index in [4.69, 9.17) is 40.2 Å². The quantitative estimate of drug-likeness (QED) is 0.241. The van der Waals surface area contributed by atoms with Crippen molar-refractivity contribution < 1.29 is 123 Å². The van der Waals surface area contributed by atoms with Crippen molar-refractivity contribution in [3.63, 3.8) is 0 Å². The molecule has 0 fully saturated rings. The topological polar surface area (TPSA) is 184 Å². The second-order valence-electron chi connectivity index (χ2n) is 1.10. The van der Waals surface area contributed by atoms with Crippen LogP contribution >= 0.6 is 0 Å². The number of hydrogen-bond donors (Lipinski definition) is 0. The molecule has 0 aliphatic rings. The summed E-state index contributed by atoms with van der Waals surface area (Å²) in [5.74, 6) is 0. The van der Waals surface area contributed by atoms with E-state index in [0.29, 0.717) is 0 Å². The maximum Gasteiger partial charge on any atom is 2.00 e. The van der Waals surface area contributed by atoms with Crippen molar-refractivity contribution >= 4 is 29.6 Å². The van der Waals surface area contributed by atoms with Crippen LogP contribution in [-0.2, 0) is 66.0 Å². The van der Waals surface area contributed by atoms with E-state index in [1.54, 1.807) is 0 Å². The van der Waals surface area contributed by atoms with Gasteiger partial charge in [0.15, 0.2) is 0 Å². The minimum absolute atomic E-state index is 0. The zero-order valence-electron chi connectivity index (χ0n) is 8.35. The molecule has 20 heavy (non-hydrogen) atoms. The SMILES string of the molecule is [Ni+2].[Ni+2].[Ni+2].[Ni+2].[O-]B([O-])F.[O-]B([O-])F.[O-]B([O-])F.[O-]B([O-])F. The van der Waals surface area contributed by atoms with Crippen LogP contribution in [0.1, 0.15) is 0 Å². The molecular weight excluding hydrogens is 482 g/mol. The van der Waals surface area contributed by atoms with Crippen LogP contribution in [0.3, 0.4) is 0 Å². The summed E-state index contributed by atoms with van der Waals surface area (Å²) >= 11 is 0. The van der Waals surface area contributed by atoms with Crippen LogP contribution in [0, 0.1) is 0 Å². The third-order valence-electron chi connectivity index (χ3n) is 0. The fourth-order valence-corrected chi connectivity index (χ4v) is 0. The van der Waals surface area contributed by atoms with Gasteiger partial charge in [0.25, 0.3) is 0 Å². The summed E-state index contributed by atoms with van der Waals surface area (Å²) in [6.45, 7) is 0. The molecule has 0 aliphatic carbocycles. The molecule has 0 aromatic rings. The molecule has 8 nitrogen and oxygen atoms in total. The van der Waals surface area contributed by atoms with E-state index in [1.165, 1.54) is 0 Å². The average molecular weight is 482 g/mol. The summed E-state index contributed by atoms with van der Waals surface area (Å²) < 4.78 is 39.6. The number of hydrogen-bond acceptors (Lipinski definition) is 8. The molecule has 0 amide bonds. The van der Waals surface area contributed by atoms with Crippen LogP contribution < -0.4 is 40.2 Å². The van der Waals surface area contributed by atoms with E-state index < -0.39 is 29.6 Å². The summed E-state index contributed by atoms with van der Waals surface area (Å²) in [6.07, 6.45) is 0. The first-order chi connectivity index (χ1) is 6.93. The van der Waals surface area contributed by atoms with E-state index >= 15 is 0 Å². The Hall–Kier alpha value is 1.63. The first-order valence-corrected chi connectivity index (χ1v) is 2.76. The molecule has 0 saturated heterocycles. The van der Waals surface area contributed by atoms with Gasteiger partial charge in [0.05, 0.1) is 0 Å². The maximum absolute atomic E-state index is 9.89. The van der Waals surface area contributed by atoms with Gasteiger partial charge in [-0.1, -0.05) is 0 Å². The van der Waals surface area contributed by atoms with Crippen LogP contribution in [-0.4, -0.2) is 29.6 Å². The molecule has 0 rings (SSSR count). The Kier molecular flexibility index (Phi) is 106. The Morgan fingerprint density at radius 1 is 0.350 bits per heavy atom. The third kappa shape index (κ3) is 2550. The van der Waals surface area contributed by atoms with Crippen molar-refractivity contribution in [2.24, 2.45) is 0 Å². The molecule has 0 heterocycles. The molecule has 0 unspecified atom stereocenters. The standard InChI is InChI=1S/4BFO2.4Ni/c4*2-1(3)4;;;;/q4*-2;4*+2. The largest absolute Gasteiger partial charge is 2.00 e. The van der Waals surface area contributed by atoms with Gasteiger partial charge in [-0.25, -0.2) is 0 Å². The van der Waals surface area contributed by atoms with E-state index in [9.17, 15) is 17.3 Å². The van der Waals surface area contributed by atoms with E-state index in [-0.39, 0.29) is 66.0 Å². The Morgan fingerprint density at radius 3 is 0.350 bits per heavy atom. The second kappa shape index (κ2) is 42.8. The van der Waals surface area contributed by atoms with Crippen molar-refractivity contribution in [1.29, 1.82) is 0 Å². The van der Waals surface area contributed by atoms with Crippen LogP contribution in [0.4, 0.5) is 17.3 Å². The monoisotopic (exact) mass is 480 g/mol. The van der Waals surface area contributed by atoms with Gasteiger partial charge in [-0.3, -0.25) is 0 Å². The Balaban J connectivity index is -0.0000000150. The fraction of sp³-hybridized carbons (Fsp3) is 0. The Morgan fingerprint density at radius 2 is 0.350 bits per heavy atom. The van der Waals surface area contributed by atoms with Gasteiger partial charge in [-0.15, -0.1) is 0 Å². The van der Waals surface area contributed by atoms with Crippen molar-refractivity contribution in [1.82, 2.24) is 0 Å². The molecular formula is B4F4Ni4O8. The van der Waals surface area contributed by atoms with E-state index in [0.717, 1.165) is 0 Å². The molecule has 0 bridgehead atoms. The summed E-state index contributed by atoms with van der Waals surface area (Å²) in [4.78, 5) is 0. The third-order valence-corrected chi connectivity index (χ3v) is 0. The summed E-state index contributed by atoms with van der Waals surface area (Å²) in [7, 11) is -12.7. The predicted molar refractivity (Wildman–Crippen MR) is 27.4 cm³/mol. The molecule has 0 aromatic heterocycles. The summed E-state index contributed by atoms with van der Waals surface area (Å²) in [5.41, 5.74) is 0. The van der Waals surface area contributed by atoms with E-state index in [2.05, 4.69) is 0 Å². The molecule has 0 aliphatic heterocycles. The summed E-state index contributed by atoms with van der Waals surface area (Å²) in [5, 5.41) is 66.4. The fourth-order valence-electron chi connectivity index (χ4n) is 0. The Labute approximate surface area is 152 Å². The van der Waals surface area contributed by atoms with Crippen molar-refractivity contribution in [3.8, 4) is 0 Å². The minimum atomic E-state index is -3.17. The Bertz CT molecular complexity index is 81.5. The smallest absolute Gasteiger partial charge is 0.867 e. The zero-order valence-corrected chi connectivity index (χ0v) is 12.3. The van der Waals surface area contributed by atoms with Gasteiger partial charge in [0.1, 0.15) is 29.6 Å². The van der Waals surface area contributed by atoms with Crippen LogP contribution in [0.2, 0.25) is 0 Å². The predicted octanol–water partition coefficient (Wildman–Crippen LogP) is -9.36. The molecule has 0 N–H and O–H groups in total. The van der Waals surface area contributed by atoms with Gasteiger partial charge in [-0.2, -0.15) is 0 Å². The van der Waals surface area contributed by atoms with Crippen molar-refractivity contribution in [2.75, 3.05) is 0 Å². The maximum atomic E-state index is 9.89. The molecule has 0 saturated carbocycles. The van der Waals surface area contributed by atoms with Crippen LogP contribution in [0.25, 0.3) is 0 Å². The van der Waals surface area contributed by atoms with Gasteiger partial charge in [0, 0.05) is 0 Å². The minimum Gasteiger partial charge on any atom is -0.867 e. The summed E-state index contributed by atoms with van der Waals surface area (Å²) in [6, 6.07) is 0. The molecule has 0 atom stereocenters. The van der Waals surface area contributed by atoms with Crippen molar-refractivity contribution in [2.45, 2.75) is 0 Å². The first kappa shape index (κ1) is 49.6. The molecule has 128 valence electrons. The van der Waals surface area contributed by atoms with Gasteiger partial charge in [0.2, 0.25) is 0 Å². The van der Waals surface area contributed by atoms with Crippen LogP contribution in [0.15, 0.2) is 0 Å². The molecule has 0 spiro atoms. The van der Waals surface area contributed by atoms with Crippen molar-refractivity contribution in [3.05, 3.63) is 0 Å². The molecule has 20 heteroatoms. The average Bonchev–Trinajstić information content (AvgIpc) is 1.76. The van der Waals surface area contributed by atoms with Crippen LogP contribution in [0.5, 0.6) is 0 Å². The normalized spacial score (nSPS) is 5.40. The second-order valence-corrected chi connectivity index (χ2v) is 1.10. The van der Waals surface area contributed by atoms with E-state index in [1.807, 2.05) is 0 Å². The number of rotatable bonds is 0. The van der Waals surface area contributed by atoms with Gasteiger partial charge >= 0.3 is 66.0 Å². The first-order valence-electron chi connectivity index (χ1n) is 2.76. The van der Waals surface area contributed by atoms with Gasteiger partial charge in [-0.05, 0) is 0 Å². The number of halogens is 4.